The molecule has 2 aromatic heterocycles. The second-order valence-electron chi connectivity index (χ2n) is 8.62. The molecule has 38 heavy (non-hydrogen) atoms. The van der Waals surface area contributed by atoms with Crippen LogP contribution in [0.4, 0.5) is 23.4 Å². The zero-order chi connectivity index (χ0) is 27.2. The van der Waals surface area contributed by atoms with Crippen molar-refractivity contribution < 1.29 is 40.0 Å². The predicted molar refractivity (Wildman–Crippen MR) is 126 cm³/mol. The summed E-state index contributed by atoms with van der Waals surface area (Å²) in [7, 11) is -2.72. The zero-order valence-electron chi connectivity index (χ0n) is 19.5. The average Bonchev–Trinajstić information content (AvgIpc) is 3.46. The number of hydrogen-bond donors (Lipinski definition) is 1. The molecule has 0 aliphatic heterocycles. The lowest BCUT2D eigenvalue weighted by Crippen LogP contribution is -2.19. The van der Waals surface area contributed by atoms with Crippen LogP contribution in [-0.4, -0.2) is 38.2 Å². The fourth-order valence-electron chi connectivity index (χ4n) is 4.30. The van der Waals surface area contributed by atoms with Crippen LogP contribution in [-0.2, 0) is 14.8 Å². The van der Waals surface area contributed by atoms with Crippen LogP contribution in [0.15, 0.2) is 69.0 Å². The number of rotatable bonds is 8. The Morgan fingerprint density at radius 2 is 1.95 bits per heavy atom. The molecule has 0 bridgehead atoms. The van der Waals surface area contributed by atoms with Crippen molar-refractivity contribution in [2.75, 3.05) is 18.4 Å². The van der Waals surface area contributed by atoms with Gasteiger partial charge in [0.25, 0.3) is 15.6 Å². The summed E-state index contributed by atoms with van der Waals surface area (Å²) in [6, 6.07) is 10.4. The number of alkyl halides is 3. The number of aromatic nitrogens is 2. The van der Waals surface area contributed by atoms with Crippen molar-refractivity contribution in [2.24, 2.45) is 5.92 Å². The van der Waals surface area contributed by atoms with Gasteiger partial charge in [-0.3, -0.25) is 18.8 Å². The fraction of sp³-hybridized carbons (Fsp3) is 0.250. The van der Waals surface area contributed by atoms with Crippen molar-refractivity contribution in [2.45, 2.75) is 23.6 Å². The molecule has 0 unspecified atom stereocenters. The van der Waals surface area contributed by atoms with E-state index in [-0.39, 0.29) is 33.2 Å². The highest BCUT2D eigenvalue weighted by Gasteiger charge is 2.43. The highest BCUT2D eigenvalue weighted by atomic mass is 32.2. The number of hydrogen-bond acceptors (Lipinski definition) is 7. The van der Waals surface area contributed by atoms with Gasteiger partial charge in [0, 0.05) is 23.6 Å². The Morgan fingerprint density at radius 3 is 2.63 bits per heavy atom. The minimum Gasteiger partial charge on any atom is -0.495 e. The topological polar surface area (TPSA) is 113 Å². The summed E-state index contributed by atoms with van der Waals surface area (Å²) < 4.78 is 95.1. The third kappa shape index (κ3) is 5.09. The predicted octanol–water partition coefficient (Wildman–Crippen LogP) is 4.57. The molecule has 0 amide bonds. The molecule has 4 aromatic rings. The molecule has 14 heteroatoms. The van der Waals surface area contributed by atoms with Crippen LogP contribution in [0.3, 0.4) is 0 Å². The lowest BCUT2D eigenvalue weighted by atomic mass is 10.1. The highest BCUT2D eigenvalue weighted by molar-refractivity contribution is 7.92. The van der Waals surface area contributed by atoms with E-state index in [2.05, 4.69) is 19.1 Å². The number of ether oxygens (including phenoxy) is 2. The number of sulfonamides is 1. The Kier molecular flexibility index (Phi) is 6.39. The van der Waals surface area contributed by atoms with Gasteiger partial charge in [0.1, 0.15) is 17.8 Å². The summed E-state index contributed by atoms with van der Waals surface area (Å²) in [4.78, 5) is 12.8. The van der Waals surface area contributed by atoms with E-state index < -0.39 is 46.2 Å². The molecule has 1 saturated carbocycles. The van der Waals surface area contributed by atoms with Crippen LogP contribution < -0.4 is 15.0 Å². The quantitative estimate of drug-likeness (QED) is 0.318. The first-order chi connectivity index (χ1) is 18.0. The molecule has 1 N–H and O–H groups in total. The number of nitrogens with zero attached hydrogens (tertiary/aromatic N) is 2. The molecular formula is C24H19F4N3O6S. The molecule has 0 radical (unpaired) electrons. The molecule has 2 atom stereocenters. The minimum atomic E-state index is -4.77. The van der Waals surface area contributed by atoms with Gasteiger partial charge in [-0.05, 0) is 54.2 Å². The average molecular weight is 553 g/mol. The lowest BCUT2D eigenvalue weighted by molar-refractivity contribution is -0.326. The van der Waals surface area contributed by atoms with E-state index >= 15 is 4.39 Å². The van der Waals surface area contributed by atoms with Crippen LogP contribution in [0.1, 0.15) is 17.9 Å². The van der Waals surface area contributed by atoms with Crippen molar-refractivity contribution >= 4 is 26.7 Å². The highest BCUT2D eigenvalue weighted by Crippen LogP contribution is 2.50. The molecule has 9 nitrogen and oxygen atoms in total. The van der Waals surface area contributed by atoms with Gasteiger partial charge in [-0.1, -0.05) is 5.16 Å². The second kappa shape index (κ2) is 9.44. The molecule has 1 fully saturated rings. The number of anilines is 1. The van der Waals surface area contributed by atoms with Gasteiger partial charge < -0.3 is 9.26 Å². The third-order valence-electron chi connectivity index (χ3n) is 6.18. The SMILES string of the molecule is COc1cc([C@@H]2C[C@H]2COC(F)(F)F)c(F)cc1-n1c(=O)ccc2cc(S(=O)(=O)Nc3ccon3)ccc21. The Hall–Kier alpha value is -3.91. The Bertz CT molecular complexity index is 1670. The van der Waals surface area contributed by atoms with Crippen molar-refractivity contribution in [3.63, 3.8) is 0 Å². The fourth-order valence-corrected chi connectivity index (χ4v) is 5.32. The van der Waals surface area contributed by atoms with E-state index in [1.165, 1.54) is 60.4 Å². The van der Waals surface area contributed by atoms with Crippen LogP contribution in [0.25, 0.3) is 16.6 Å². The molecule has 200 valence electrons. The number of halogens is 4. The molecule has 1 aliphatic carbocycles. The normalized spacial score (nSPS) is 17.5. The van der Waals surface area contributed by atoms with Crippen molar-refractivity contribution in [3.8, 4) is 11.4 Å². The van der Waals surface area contributed by atoms with E-state index in [0.29, 0.717) is 11.8 Å². The first-order valence-corrected chi connectivity index (χ1v) is 12.6. The Balaban J connectivity index is 1.51. The van der Waals surface area contributed by atoms with Gasteiger partial charge in [-0.15, -0.1) is 13.2 Å². The number of nitrogens with one attached hydrogen (secondary N) is 1. The molecular weight excluding hydrogens is 534 g/mol. The van der Waals surface area contributed by atoms with Gasteiger partial charge in [0.15, 0.2) is 5.82 Å². The van der Waals surface area contributed by atoms with E-state index in [0.717, 1.165) is 6.07 Å². The van der Waals surface area contributed by atoms with Gasteiger partial charge in [-0.25, -0.2) is 12.8 Å². The minimum absolute atomic E-state index is 0.0155. The first kappa shape index (κ1) is 25.7. The van der Waals surface area contributed by atoms with Gasteiger partial charge in [0.05, 0.1) is 29.8 Å². The standard InChI is InChI=1S/C24H19F4N3O6S/c1-35-21-10-17(16-9-14(16)12-36-24(26,27)28)18(25)11-20(21)31-19-4-3-15(8-13(19)2-5-23(31)32)38(33,34)30-22-6-7-37-29-22/h2-8,10-11,14,16H,9,12H2,1H3,(H,29,30)/t14-,16+/m0/s1. The summed E-state index contributed by atoms with van der Waals surface area (Å²) >= 11 is 0. The first-order valence-electron chi connectivity index (χ1n) is 11.1. The lowest BCUT2D eigenvalue weighted by Gasteiger charge is -2.16. The summed E-state index contributed by atoms with van der Waals surface area (Å²) in [6.07, 6.45) is -3.26. The van der Waals surface area contributed by atoms with Crippen molar-refractivity contribution in [3.05, 3.63) is 76.5 Å². The molecule has 0 spiro atoms. The molecule has 2 aromatic carbocycles. The van der Waals surface area contributed by atoms with E-state index in [4.69, 9.17) is 4.74 Å². The second-order valence-corrected chi connectivity index (χ2v) is 10.3. The number of methoxy groups -OCH3 is 1. The number of pyridine rings is 1. The summed E-state index contributed by atoms with van der Waals surface area (Å²) in [5, 5.41) is 3.87. The number of benzene rings is 2. The Labute approximate surface area is 212 Å². The van der Waals surface area contributed by atoms with E-state index in [9.17, 15) is 26.4 Å². The maximum atomic E-state index is 15.2. The van der Waals surface area contributed by atoms with Crippen LogP contribution in [0.5, 0.6) is 5.75 Å². The van der Waals surface area contributed by atoms with Crippen LogP contribution >= 0.6 is 0 Å². The summed E-state index contributed by atoms with van der Waals surface area (Å²) in [5.74, 6) is -1.62. The zero-order valence-corrected chi connectivity index (χ0v) is 20.3. The smallest absolute Gasteiger partial charge is 0.495 e. The maximum Gasteiger partial charge on any atom is 0.522 e. The molecule has 1 aliphatic rings. The molecule has 0 saturated heterocycles. The summed E-state index contributed by atoms with van der Waals surface area (Å²) in [5.41, 5.74) is -0.0697. The monoisotopic (exact) mass is 553 g/mol. The maximum absolute atomic E-state index is 15.2. The summed E-state index contributed by atoms with van der Waals surface area (Å²) in [6.45, 7) is -0.586. The largest absolute Gasteiger partial charge is 0.522 e. The van der Waals surface area contributed by atoms with Crippen LogP contribution in [0.2, 0.25) is 0 Å². The van der Waals surface area contributed by atoms with Crippen LogP contribution in [0, 0.1) is 11.7 Å². The van der Waals surface area contributed by atoms with Crippen molar-refractivity contribution in [1.29, 1.82) is 0 Å². The number of fused-ring (bicyclic) bond motifs is 1. The molecule has 2 heterocycles. The van der Waals surface area contributed by atoms with Gasteiger partial charge in [0.2, 0.25) is 0 Å². The Morgan fingerprint density at radius 1 is 1.16 bits per heavy atom. The van der Waals surface area contributed by atoms with Crippen molar-refractivity contribution in [1.82, 2.24) is 9.72 Å². The molecule has 5 rings (SSSR count). The third-order valence-corrected chi connectivity index (χ3v) is 7.53. The van der Waals surface area contributed by atoms with Gasteiger partial charge in [-0.2, -0.15) is 0 Å². The van der Waals surface area contributed by atoms with Gasteiger partial charge >= 0.3 is 6.36 Å². The van der Waals surface area contributed by atoms with E-state index in [1.807, 2.05) is 0 Å². The van der Waals surface area contributed by atoms with E-state index in [1.54, 1.807) is 0 Å².